The van der Waals surface area contributed by atoms with Crippen LogP contribution in [0.1, 0.15) is 43.8 Å². The molecular weight excluding hydrogens is 316 g/mol. The molecule has 0 saturated heterocycles. The molecule has 4 nitrogen and oxygen atoms in total. The molecule has 0 spiro atoms. The average Bonchev–Trinajstić information content (AvgIpc) is 2.68. The molecule has 2 aromatic carbocycles. The fraction of sp³-hybridized carbons (Fsp3) is 0.381. The van der Waals surface area contributed by atoms with E-state index in [1.165, 1.54) is 6.42 Å². The van der Waals surface area contributed by atoms with E-state index in [-0.39, 0.29) is 6.10 Å². The highest BCUT2D eigenvalue weighted by molar-refractivity contribution is 5.78. The van der Waals surface area contributed by atoms with Crippen LogP contribution in [0.3, 0.4) is 0 Å². The molecule has 0 unspecified atom stereocenters. The molecule has 4 heteroatoms. The van der Waals surface area contributed by atoms with E-state index < -0.39 is 18.2 Å². The van der Waals surface area contributed by atoms with E-state index in [9.17, 15) is 9.90 Å². The largest absolute Gasteiger partial charge is 0.425 e. The Bertz CT molecular complexity index is 650. The molecule has 0 aromatic heterocycles. The van der Waals surface area contributed by atoms with E-state index in [1.54, 1.807) is 36.4 Å². The van der Waals surface area contributed by atoms with Gasteiger partial charge in [-0.05, 0) is 30.5 Å². The molecule has 2 aromatic rings. The zero-order valence-electron chi connectivity index (χ0n) is 14.2. The Kier molecular flexibility index (Phi) is 6.20. The molecule has 0 heterocycles. The van der Waals surface area contributed by atoms with Crippen LogP contribution in [-0.4, -0.2) is 23.3 Å². The van der Waals surface area contributed by atoms with Crippen molar-refractivity contribution in [1.29, 1.82) is 0 Å². The molecule has 0 radical (unpaired) electrons. The summed E-state index contributed by atoms with van der Waals surface area (Å²) in [6.07, 6.45) is 3.09. The number of ether oxygens (including phenoxy) is 2. The minimum atomic E-state index is -1.06. The molecule has 25 heavy (non-hydrogen) atoms. The maximum Gasteiger partial charge on any atom is 0.343 e. The average molecular weight is 340 g/mol. The third kappa shape index (κ3) is 4.91. The van der Waals surface area contributed by atoms with E-state index in [1.807, 2.05) is 24.3 Å². The van der Waals surface area contributed by atoms with Gasteiger partial charge in [0.05, 0.1) is 6.10 Å². The number of aliphatic hydroxyl groups is 1. The van der Waals surface area contributed by atoms with E-state index in [0.717, 1.165) is 25.7 Å². The molecule has 3 rings (SSSR count). The lowest BCUT2D eigenvalue weighted by molar-refractivity contribution is -0.163. The fourth-order valence-electron chi connectivity index (χ4n) is 3.16. The number of para-hydroxylation sites is 1. The van der Waals surface area contributed by atoms with Gasteiger partial charge in [0.1, 0.15) is 11.9 Å². The summed E-state index contributed by atoms with van der Waals surface area (Å²) in [5.41, 5.74) is 0.647. The van der Waals surface area contributed by atoms with Gasteiger partial charge in [-0.25, -0.2) is 4.79 Å². The summed E-state index contributed by atoms with van der Waals surface area (Å²) in [5.74, 6) is -0.113. The predicted molar refractivity (Wildman–Crippen MR) is 95.2 cm³/mol. The topological polar surface area (TPSA) is 55.8 Å². The summed E-state index contributed by atoms with van der Waals surface area (Å²) in [6, 6.07) is 18.0. The third-order valence-electron chi connectivity index (χ3n) is 4.51. The van der Waals surface area contributed by atoms with Gasteiger partial charge in [-0.15, -0.1) is 0 Å². The second-order valence-corrected chi connectivity index (χ2v) is 6.41. The summed E-state index contributed by atoms with van der Waals surface area (Å²) in [4.78, 5) is 12.7. The summed E-state index contributed by atoms with van der Waals surface area (Å²) in [7, 11) is 0. The third-order valence-corrected chi connectivity index (χ3v) is 4.51. The van der Waals surface area contributed by atoms with Crippen LogP contribution in [0.5, 0.6) is 5.75 Å². The first-order valence-corrected chi connectivity index (χ1v) is 8.89. The maximum absolute atomic E-state index is 12.7. The highest BCUT2D eigenvalue weighted by atomic mass is 16.6. The number of carbonyl (C=O) groups excluding carboxylic acids is 1. The molecule has 0 aliphatic heterocycles. The van der Waals surface area contributed by atoms with Gasteiger partial charge < -0.3 is 14.6 Å². The first-order chi connectivity index (χ1) is 12.2. The highest BCUT2D eigenvalue weighted by Crippen LogP contribution is 2.27. The van der Waals surface area contributed by atoms with Gasteiger partial charge in [-0.2, -0.15) is 0 Å². The van der Waals surface area contributed by atoms with Gasteiger partial charge in [-0.1, -0.05) is 67.8 Å². The molecule has 132 valence electrons. The van der Waals surface area contributed by atoms with Crippen LogP contribution in [-0.2, 0) is 9.53 Å². The van der Waals surface area contributed by atoms with Gasteiger partial charge in [0.15, 0.2) is 6.10 Å². The normalized spacial score (nSPS) is 17.6. The van der Waals surface area contributed by atoms with Crippen molar-refractivity contribution in [3.63, 3.8) is 0 Å². The van der Waals surface area contributed by atoms with Crippen molar-refractivity contribution in [1.82, 2.24) is 0 Å². The monoisotopic (exact) mass is 340 g/mol. The van der Waals surface area contributed by atoms with Gasteiger partial charge in [-0.3, -0.25) is 0 Å². The minimum Gasteiger partial charge on any atom is -0.425 e. The van der Waals surface area contributed by atoms with E-state index in [2.05, 4.69) is 0 Å². The summed E-state index contributed by atoms with van der Waals surface area (Å²) >= 11 is 0. The van der Waals surface area contributed by atoms with Crippen molar-refractivity contribution in [3.05, 3.63) is 66.2 Å². The fourth-order valence-corrected chi connectivity index (χ4v) is 3.16. The van der Waals surface area contributed by atoms with E-state index in [4.69, 9.17) is 9.47 Å². The lowest BCUT2D eigenvalue weighted by atomic mass is 9.97. The summed E-state index contributed by atoms with van der Waals surface area (Å²) in [6.45, 7) is 0. The number of hydrogen-bond donors (Lipinski definition) is 1. The molecule has 0 bridgehead atoms. The number of benzene rings is 2. The minimum absolute atomic E-state index is 0.0135. The highest BCUT2D eigenvalue weighted by Gasteiger charge is 2.33. The summed E-state index contributed by atoms with van der Waals surface area (Å²) in [5, 5.41) is 10.7. The van der Waals surface area contributed by atoms with Crippen LogP contribution in [0.4, 0.5) is 0 Å². The van der Waals surface area contributed by atoms with Gasteiger partial charge >= 0.3 is 5.97 Å². The Hall–Kier alpha value is -2.17. The quantitative estimate of drug-likeness (QED) is 0.637. The van der Waals surface area contributed by atoms with Crippen molar-refractivity contribution in [3.8, 4) is 5.75 Å². The van der Waals surface area contributed by atoms with Crippen molar-refractivity contribution >= 4 is 5.97 Å². The van der Waals surface area contributed by atoms with Crippen LogP contribution >= 0.6 is 0 Å². The maximum atomic E-state index is 12.7. The molecule has 1 aliphatic carbocycles. The van der Waals surface area contributed by atoms with Crippen LogP contribution < -0.4 is 4.74 Å². The first kappa shape index (κ1) is 17.6. The number of rotatable bonds is 6. The van der Waals surface area contributed by atoms with Crippen LogP contribution in [0.25, 0.3) is 0 Å². The Morgan fingerprint density at radius 3 is 2.16 bits per heavy atom. The standard InChI is InChI=1S/C21H24O4/c22-19(16-10-4-1-5-11-16)20(24-17-12-6-2-7-13-17)21(23)25-18-14-8-3-9-15-18/h1,3-5,8-11,14-15,17,19-20,22H,2,6-7,12-13H2/t19-,20+/m1/s1. The lowest BCUT2D eigenvalue weighted by Gasteiger charge is -2.29. The van der Waals surface area contributed by atoms with E-state index >= 15 is 0 Å². The van der Waals surface area contributed by atoms with Crippen molar-refractivity contribution in [2.75, 3.05) is 0 Å². The summed E-state index contributed by atoms with van der Waals surface area (Å²) < 4.78 is 11.5. The van der Waals surface area contributed by atoms with Crippen molar-refractivity contribution in [2.45, 2.75) is 50.4 Å². The molecule has 1 aliphatic rings. The van der Waals surface area contributed by atoms with Crippen LogP contribution in [0.2, 0.25) is 0 Å². The van der Waals surface area contributed by atoms with Crippen molar-refractivity contribution in [2.24, 2.45) is 0 Å². The molecule has 0 amide bonds. The second kappa shape index (κ2) is 8.79. The molecule has 2 atom stereocenters. The van der Waals surface area contributed by atoms with Crippen LogP contribution in [0.15, 0.2) is 60.7 Å². The number of esters is 1. The van der Waals surface area contributed by atoms with Gasteiger partial charge in [0.25, 0.3) is 0 Å². The Balaban J connectivity index is 1.76. The molecule has 1 N–H and O–H groups in total. The van der Waals surface area contributed by atoms with Crippen molar-refractivity contribution < 1.29 is 19.4 Å². The zero-order valence-corrected chi connectivity index (χ0v) is 14.2. The number of aliphatic hydroxyl groups excluding tert-OH is 1. The first-order valence-electron chi connectivity index (χ1n) is 8.89. The molecule has 1 saturated carbocycles. The second-order valence-electron chi connectivity index (χ2n) is 6.41. The number of hydrogen-bond acceptors (Lipinski definition) is 4. The smallest absolute Gasteiger partial charge is 0.343 e. The predicted octanol–water partition coefficient (Wildman–Crippen LogP) is 4.04. The van der Waals surface area contributed by atoms with Crippen LogP contribution in [0, 0.1) is 0 Å². The van der Waals surface area contributed by atoms with E-state index in [0.29, 0.717) is 11.3 Å². The Labute approximate surface area is 148 Å². The van der Waals surface area contributed by atoms with Gasteiger partial charge in [0.2, 0.25) is 0 Å². The molecular formula is C21H24O4. The Morgan fingerprint density at radius 2 is 1.52 bits per heavy atom. The zero-order chi connectivity index (χ0) is 17.5. The molecule has 1 fully saturated rings. The number of carbonyl (C=O) groups is 1. The van der Waals surface area contributed by atoms with Gasteiger partial charge in [0, 0.05) is 0 Å². The Morgan fingerprint density at radius 1 is 0.920 bits per heavy atom. The lowest BCUT2D eigenvalue weighted by Crippen LogP contribution is -2.38. The SMILES string of the molecule is O=C(Oc1ccccc1)[C@@H](OC1CCCCC1)[C@H](O)c1ccccc1.